The van der Waals surface area contributed by atoms with Crippen LogP contribution in [0.1, 0.15) is 87.5 Å². The van der Waals surface area contributed by atoms with Crippen molar-refractivity contribution in [2.45, 2.75) is 99.1 Å². The van der Waals surface area contributed by atoms with Crippen molar-refractivity contribution in [3.63, 3.8) is 0 Å². The summed E-state index contributed by atoms with van der Waals surface area (Å²) in [6, 6.07) is 0.542. The number of carbonyl (C=O) groups is 1. The maximum atomic E-state index is 12.1. The minimum absolute atomic E-state index is 0.0639. The molecule has 1 atom stereocenters. The van der Waals surface area contributed by atoms with Crippen molar-refractivity contribution in [3.8, 4) is 0 Å². The Balaban J connectivity index is 3.85. The Morgan fingerprint density at radius 2 is 1.65 bits per heavy atom. The average Bonchev–Trinajstić information content (AvgIpc) is 2.36. The van der Waals surface area contributed by atoms with Gasteiger partial charge in [0, 0.05) is 24.5 Å². The zero-order valence-electron chi connectivity index (χ0n) is 16.9. The molecule has 0 aromatic heterocycles. The second-order valence-electron chi connectivity index (χ2n) is 8.95. The van der Waals surface area contributed by atoms with E-state index in [0.717, 1.165) is 38.8 Å². The van der Waals surface area contributed by atoms with Gasteiger partial charge in [-0.2, -0.15) is 0 Å². The van der Waals surface area contributed by atoms with Crippen LogP contribution in [-0.4, -0.2) is 30.6 Å². The molecule has 3 heteroatoms. The maximum Gasteiger partial charge on any atom is 0.138 e. The van der Waals surface area contributed by atoms with E-state index in [-0.39, 0.29) is 11.0 Å². The van der Waals surface area contributed by atoms with Gasteiger partial charge in [0.15, 0.2) is 0 Å². The molecule has 0 saturated heterocycles. The van der Waals surface area contributed by atoms with E-state index in [1.54, 1.807) is 0 Å². The normalized spacial score (nSPS) is 14.3. The Bertz CT molecular complexity index is 329. The van der Waals surface area contributed by atoms with E-state index in [2.05, 4.69) is 39.9 Å². The SMILES string of the molecule is CC(CCCC(C)(C)OCCCNC(C)C)CC(=O)C(C)(C)C. The van der Waals surface area contributed by atoms with Gasteiger partial charge in [0.25, 0.3) is 0 Å². The van der Waals surface area contributed by atoms with Crippen LogP contribution in [0.15, 0.2) is 0 Å². The third-order valence-corrected chi connectivity index (χ3v) is 4.21. The first-order valence-corrected chi connectivity index (χ1v) is 9.34. The maximum absolute atomic E-state index is 12.1. The van der Waals surface area contributed by atoms with E-state index in [1.165, 1.54) is 0 Å². The van der Waals surface area contributed by atoms with Gasteiger partial charge in [-0.1, -0.05) is 54.4 Å². The molecule has 0 aliphatic rings. The van der Waals surface area contributed by atoms with Crippen molar-refractivity contribution in [2.24, 2.45) is 11.3 Å². The second-order valence-corrected chi connectivity index (χ2v) is 8.95. The molecule has 1 N–H and O–H groups in total. The molecule has 0 radical (unpaired) electrons. The summed E-state index contributed by atoms with van der Waals surface area (Å²) in [6.07, 6.45) is 5.03. The number of nitrogens with one attached hydrogen (secondary N) is 1. The van der Waals surface area contributed by atoms with Crippen molar-refractivity contribution >= 4 is 5.78 Å². The summed E-state index contributed by atoms with van der Waals surface area (Å²) in [5.74, 6) is 0.839. The monoisotopic (exact) mass is 327 g/mol. The fourth-order valence-electron chi connectivity index (χ4n) is 2.48. The summed E-state index contributed by atoms with van der Waals surface area (Å²) < 4.78 is 6.02. The molecule has 138 valence electrons. The number of ketones is 1. The first-order valence-electron chi connectivity index (χ1n) is 9.34. The molecule has 1 unspecified atom stereocenters. The molecular formula is C20H41NO2. The van der Waals surface area contributed by atoms with Gasteiger partial charge >= 0.3 is 0 Å². The van der Waals surface area contributed by atoms with E-state index in [1.807, 2.05) is 20.8 Å². The molecule has 0 aliphatic carbocycles. The summed E-state index contributed by atoms with van der Waals surface area (Å²) in [5.41, 5.74) is -0.272. The van der Waals surface area contributed by atoms with Crippen molar-refractivity contribution < 1.29 is 9.53 Å². The lowest BCUT2D eigenvalue weighted by Crippen LogP contribution is -2.28. The molecule has 0 aliphatic heterocycles. The highest BCUT2D eigenvalue weighted by molar-refractivity contribution is 5.83. The van der Waals surface area contributed by atoms with E-state index >= 15 is 0 Å². The second kappa shape index (κ2) is 10.5. The summed E-state index contributed by atoms with van der Waals surface area (Å²) in [7, 11) is 0. The van der Waals surface area contributed by atoms with Crippen molar-refractivity contribution in [1.29, 1.82) is 0 Å². The molecule has 0 amide bonds. The van der Waals surface area contributed by atoms with Gasteiger partial charge in [0.1, 0.15) is 5.78 Å². The number of Topliss-reactive ketones (excluding diaryl/α,β-unsaturated/α-hetero) is 1. The van der Waals surface area contributed by atoms with Crippen LogP contribution in [0, 0.1) is 11.3 Å². The minimum Gasteiger partial charge on any atom is -0.376 e. The molecule has 0 aromatic rings. The van der Waals surface area contributed by atoms with Gasteiger partial charge in [-0.15, -0.1) is 0 Å². The largest absolute Gasteiger partial charge is 0.376 e. The first-order chi connectivity index (χ1) is 10.4. The Labute approximate surface area is 144 Å². The van der Waals surface area contributed by atoms with Crippen molar-refractivity contribution in [3.05, 3.63) is 0 Å². The smallest absolute Gasteiger partial charge is 0.138 e. The lowest BCUT2D eigenvalue weighted by atomic mass is 9.84. The van der Waals surface area contributed by atoms with E-state index in [9.17, 15) is 4.79 Å². The van der Waals surface area contributed by atoms with Crippen LogP contribution in [-0.2, 0) is 9.53 Å². The molecule has 0 aromatic carbocycles. The Hall–Kier alpha value is -0.410. The molecule has 0 saturated carbocycles. The minimum atomic E-state index is -0.208. The molecule has 0 fully saturated rings. The topological polar surface area (TPSA) is 38.3 Å². The van der Waals surface area contributed by atoms with E-state index in [4.69, 9.17) is 4.74 Å². The Kier molecular flexibility index (Phi) is 10.3. The number of rotatable bonds is 12. The highest BCUT2D eigenvalue weighted by atomic mass is 16.5. The lowest BCUT2D eigenvalue weighted by Gasteiger charge is -2.26. The van der Waals surface area contributed by atoms with Gasteiger partial charge in [-0.3, -0.25) is 4.79 Å². The molecule has 3 nitrogen and oxygen atoms in total. The molecule has 0 bridgehead atoms. The number of carbonyl (C=O) groups excluding carboxylic acids is 1. The van der Waals surface area contributed by atoms with Crippen LogP contribution in [0.3, 0.4) is 0 Å². The van der Waals surface area contributed by atoms with Gasteiger partial charge in [0.05, 0.1) is 5.60 Å². The van der Waals surface area contributed by atoms with Gasteiger partial charge in [-0.25, -0.2) is 0 Å². The number of hydrogen-bond donors (Lipinski definition) is 1. The Morgan fingerprint density at radius 1 is 1.04 bits per heavy atom. The first kappa shape index (κ1) is 22.6. The highest BCUT2D eigenvalue weighted by Gasteiger charge is 2.23. The Morgan fingerprint density at radius 3 is 2.17 bits per heavy atom. The van der Waals surface area contributed by atoms with E-state index < -0.39 is 0 Å². The summed E-state index contributed by atoms with van der Waals surface area (Å²) >= 11 is 0. The summed E-state index contributed by atoms with van der Waals surface area (Å²) in [5, 5.41) is 3.41. The average molecular weight is 328 g/mol. The summed E-state index contributed by atoms with van der Waals surface area (Å²) in [6.45, 7) is 18.7. The third kappa shape index (κ3) is 12.7. The number of hydrogen-bond acceptors (Lipinski definition) is 3. The van der Waals surface area contributed by atoms with Crippen LogP contribution >= 0.6 is 0 Å². The number of ether oxygens (including phenoxy) is 1. The van der Waals surface area contributed by atoms with Gasteiger partial charge < -0.3 is 10.1 Å². The fourth-order valence-corrected chi connectivity index (χ4v) is 2.48. The molecule has 0 spiro atoms. The van der Waals surface area contributed by atoms with Crippen LogP contribution in [0.25, 0.3) is 0 Å². The zero-order valence-corrected chi connectivity index (χ0v) is 16.9. The van der Waals surface area contributed by atoms with Crippen LogP contribution in [0.2, 0.25) is 0 Å². The predicted octanol–water partition coefficient (Wildman–Crippen LogP) is 4.98. The fraction of sp³-hybridized carbons (Fsp3) is 0.950. The quantitative estimate of drug-likeness (QED) is 0.514. The molecule has 0 heterocycles. The van der Waals surface area contributed by atoms with Crippen LogP contribution in [0.4, 0.5) is 0 Å². The van der Waals surface area contributed by atoms with Crippen molar-refractivity contribution in [2.75, 3.05) is 13.2 Å². The zero-order chi connectivity index (χ0) is 18.1. The molecule has 23 heavy (non-hydrogen) atoms. The van der Waals surface area contributed by atoms with Crippen molar-refractivity contribution in [1.82, 2.24) is 5.32 Å². The third-order valence-electron chi connectivity index (χ3n) is 4.21. The highest BCUT2D eigenvalue weighted by Crippen LogP contribution is 2.24. The van der Waals surface area contributed by atoms with Crippen LogP contribution in [0.5, 0.6) is 0 Å². The lowest BCUT2D eigenvalue weighted by molar-refractivity contribution is -0.127. The van der Waals surface area contributed by atoms with E-state index in [0.29, 0.717) is 24.2 Å². The van der Waals surface area contributed by atoms with Crippen LogP contribution < -0.4 is 5.32 Å². The molecular weight excluding hydrogens is 286 g/mol. The van der Waals surface area contributed by atoms with Gasteiger partial charge in [-0.05, 0) is 39.2 Å². The summed E-state index contributed by atoms with van der Waals surface area (Å²) in [4.78, 5) is 12.1. The molecule has 0 rings (SSSR count). The standard InChI is InChI=1S/C20H41NO2/c1-16(2)21-13-10-14-23-20(7,8)12-9-11-17(3)15-18(22)19(4,5)6/h16-17,21H,9-15H2,1-8H3. The van der Waals surface area contributed by atoms with Gasteiger partial charge in [0.2, 0.25) is 0 Å². The predicted molar refractivity (Wildman–Crippen MR) is 99.9 cm³/mol.